The topological polar surface area (TPSA) is 83.9 Å². The molecule has 0 bridgehead atoms. The molecule has 1 aliphatic carbocycles. The number of H-pyrrole nitrogens is 1. The van der Waals surface area contributed by atoms with Crippen LogP contribution >= 0.6 is 11.8 Å². The molecule has 2 aromatic rings. The number of Topliss-reactive ketones (excluding diaryl/α,β-unsaturated/α-hetero) is 1. The van der Waals surface area contributed by atoms with Gasteiger partial charge in [-0.3, -0.25) is 9.59 Å². The number of rotatable bonds is 8. The van der Waals surface area contributed by atoms with Crippen molar-refractivity contribution in [2.45, 2.75) is 62.6 Å². The summed E-state index contributed by atoms with van der Waals surface area (Å²) in [4.78, 5) is 30.0. The zero-order chi connectivity index (χ0) is 20.9. The van der Waals surface area contributed by atoms with Gasteiger partial charge in [-0.15, -0.1) is 16.8 Å². The van der Waals surface area contributed by atoms with Gasteiger partial charge < -0.3 is 14.5 Å². The Morgan fingerprint density at radius 3 is 2.67 bits per heavy atom. The first kappa shape index (κ1) is 20.9. The Hall–Kier alpha value is -2.35. The van der Waals surface area contributed by atoms with Crippen LogP contribution in [0, 0.1) is 0 Å². The molecule has 1 N–H and O–H groups in total. The van der Waals surface area contributed by atoms with Crippen LogP contribution in [-0.4, -0.2) is 55.2 Å². The average Bonchev–Trinajstić information content (AvgIpc) is 3.54. The molecule has 0 aromatic carbocycles. The zero-order valence-electron chi connectivity index (χ0n) is 17.3. The largest absolute Gasteiger partial charge is 0.356 e. The van der Waals surface area contributed by atoms with E-state index in [1.54, 1.807) is 12.3 Å². The average molecular weight is 428 g/mol. The Labute approximate surface area is 181 Å². The lowest BCUT2D eigenvalue weighted by atomic mass is 9.89. The third-order valence-electron chi connectivity index (χ3n) is 5.99. The van der Waals surface area contributed by atoms with Crippen LogP contribution in [0.15, 0.2) is 30.1 Å². The van der Waals surface area contributed by atoms with Crippen LogP contribution < -0.4 is 0 Å². The molecule has 1 saturated carbocycles. The second-order valence-electron chi connectivity index (χ2n) is 8.09. The Morgan fingerprint density at radius 2 is 1.93 bits per heavy atom. The van der Waals surface area contributed by atoms with E-state index in [-0.39, 0.29) is 17.4 Å². The van der Waals surface area contributed by atoms with Crippen LogP contribution in [0.25, 0.3) is 0 Å². The number of aromatic amines is 1. The molecule has 30 heavy (non-hydrogen) atoms. The number of amides is 1. The van der Waals surface area contributed by atoms with Gasteiger partial charge in [0.25, 0.3) is 5.91 Å². The van der Waals surface area contributed by atoms with Crippen molar-refractivity contribution in [3.63, 3.8) is 0 Å². The predicted octanol–water partition coefficient (Wildman–Crippen LogP) is 4.05. The number of thioether (sulfide) groups is 1. The molecule has 0 unspecified atom stereocenters. The number of ketones is 1. The molecule has 2 fully saturated rings. The van der Waals surface area contributed by atoms with Crippen molar-refractivity contribution in [3.05, 3.63) is 42.0 Å². The summed E-state index contributed by atoms with van der Waals surface area (Å²) in [7, 11) is 0. The van der Waals surface area contributed by atoms with Gasteiger partial charge in [0.2, 0.25) is 0 Å². The summed E-state index contributed by atoms with van der Waals surface area (Å²) in [5.74, 6) is 1.67. The zero-order valence-corrected chi connectivity index (χ0v) is 18.1. The first-order valence-corrected chi connectivity index (χ1v) is 11.8. The van der Waals surface area contributed by atoms with Crippen molar-refractivity contribution in [2.24, 2.45) is 0 Å². The van der Waals surface area contributed by atoms with E-state index in [0.29, 0.717) is 23.7 Å². The lowest BCUT2D eigenvalue weighted by Gasteiger charge is -2.21. The maximum atomic E-state index is 12.7. The first-order chi connectivity index (χ1) is 14.7. The van der Waals surface area contributed by atoms with Crippen LogP contribution in [0.2, 0.25) is 0 Å². The molecule has 7 nitrogen and oxygen atoms in total. The van der Waals surface area contributed by atoms with Gasteiger partial charge in [-0.2, -0.15) is 0 Å². The third kappa shape index (κ3) is 4.53. The number of carbonyl (C=O) groups is 2. The smallest absolute Gasteiger partial charge is 0.270 e. The van der Waals surface area contributed by atoms with E-state index in [0.717, 1.165) is 49.8 Å². The van der Waals surface area contributed by atoms with Crippen LogP contribution in [0.5, 0.6) is 0 Å². The highest BCUT2D eigenvalue weighted by Crippen LogP contribution is 2.33. The predicted molar refractivity (Wildman–Crippen MR) is 117 cm³/mol. The molecule has 2 aliphatic rings. The van der Waals surface area contributed by atoms with Crippen molar-refractivity contribution in [1.82, 2.24) is 24.6 Å². The molecular formula is C22H29N5O2S. The lowest BCUT2D eigenvalue weighted by Crippen LogP contribution is -2.27. The summed E-state index contributed by atoms with van der Waals surface area (Å²) >= 11 is 1.40. The summed E-state index contributed by atoms with van der Waals surface area (Å²) in [6.07, 6.45) is 11.6. The van der Waals surface area contributed by atoms with Gasteiger partial charge in [-0.1, -0.05) is 37.1 Å². The molecule has 3 heterocycles. The number of nitrogens with one attached hydrogen (secondary N) is 1. The van der Waals surface area contributed by atoms with Crippen molar-refractivity contribution in [3.8, 4) is 0 Å². The number of aromatic nitrogens is 4. The standard InChI is InChI=1S/C22H29N5O2S/c1-2-10-27-20(16-8-4-3-5-9-16)24-25-22(27)30-15-19(28)17-13-18(23-14-17)21(29)26-11-6-7-12-26/h2,13-14,16,23H,1,3-12,15H2. The minimum absolute atomic E-state index is 0.0240. The fourth-order valence-electron chi connectivity index (χ4n) is 4.35. The fraction of sp³-hybridized carbons (Fsp3) is 0.545. The molecule has 0 spiro atoms. The number of hydrogen-bond acceptors (Lipinski definition) is 5. The van der Waals surface area contributed by atoms with Crippen molar-refractivity contribution < 1.29 is 9.59 Å². The maximum absolute atomic E-state index is 12.7. The van der Waals surface area contributed by atoms with Gasteiger partial charge in [0.15, 0.2) is 10.9 Å². The van der Waals surface area contributed by atoms with E-state index in [9.17, 15) is 9.59 Å². The van der Waals surface area contributed by atoms with Crippen LogP contribution in [0.1, 0.15) is 77.5 Å². The van der Waals surface area contributed by atoms with E-state index < -0.39 is 0 Å². The van der Waals surface area contributed by atoms with Gasteiger partial charge in [0, 0.05) is 37.3 Å². The SMILES string of the molecule is C=CCn1c(SCC(=O)c2c[nH]c(C(=O)N3CCCC3)c2)nnc1C1CCCCC1. The number of hydrogen-bond donors (Lipinski definition) is 1. The van der Waals surface area contributed by atoms with Gasteiger partial charge in [-0.25, -0.2) is 0 Å². The molecule has 1 aliphatic heterocycles. The van der Waals surface area contributed by atoms with Gasteiger partial charge >= 0.3 is 0 Å². The normalized spacial score (nSPS) is 17.4. The first-order valence-electron chi connectivity index (χ1n) is 10.8. The number of carbonyl (C=O) groups excluding carboxylic acids is 2. The van der Waals surface area contributed by atoms with Crippen LogP contribution in [0.3, 0.4) is 0 Å². The molecule has 1 saturated heterocycles. The van der Waals surface area contributed by atoms with Crippen molar-refractivity contribution in [1.29, 1.82) is 0 Å². The quantitative estimate of drug-likeness (QED) is 0.390. The van der Waals surface area contributed by atoms with E-state index in [4.69, 9.17) is 0 Å². The monoisotopic (exact) mass is 427 g/mol. The highest BCUT2D eigenvalue weighted by Gasteiger charge is 2.24. The van der Waals surface area contributed by atoms with Crippen LogP contribution in [-0.2, 0) is 6.54 Å². The summed E-state index contributed by atoms with van der Waals surface area (Å²) < 4.78 is 2.10. The fourth-order valence-corrected chi connectivity index (χ4v) is 5.20. The van der Waals surface area contributed by atoms with E-state index >= 15 is 0 Å². The molecule has 4 rings (SSSR count). The highest BCUT2D eigenvalue weighted by atomic mass is 32.2. The van der Waals surface area contributed by atoms with Gasteiger partial charge in [0.1, 0.15) is 11.5 Å². The summed E-state index contributed by atoms with van der Waals surface area (Å²) in [6, 6.07) is 1.67. The number of nitrogens with zero attached hydrogens (tertiary/aromatic N) is 4. The summed E-state index contributed by atoms with van der Waals surface area (Å²) in [5.41, 5.74) is 1.02. The van der Waals surface area contributed by atoms with E-state index in [1.807, 2.05) is 11.0 Å². The summed E-state index contributed by atoms with van der Waals surface area (Å²) in [5, 5.41) is 9.58. The van der Waals surface area contributed by atoms with Gasteiger partial charge in [-0.05, 0) is 31.7 Å². The Morgan fingerprint density at radius 1 is 1.17 bits per heavy atom. The molecule has 8 heteroatoms. The highest BCUT2D eigenvalue weighted by molar-refractivity contribution is 7.99. The lowest BCUT2D eigenvalue weighted by molar-refractivity contribution is 0.0787. The van der Waals surface area contributed by atoms with E-state index in [2.05, 4.69) is 26.3 Å². The van der Waals surface area contributed by atoms with Crippen molar-refractivity contribution >= 4 is 23.5 Å². The molecule has 0 atom stereocenters. The summed E-state index contributed by atoms with van der Waals surface area (Å²) in [6.45, 7) is 6.09. The molecule has 1 amide bonds. The second kappa shape index (κ2) is 9.64. The Balaban J connectivity index is 1.40. The Bertz CT molecular complexity index is 907. The number of likely N-dealkylation sites (tertiary alicyclic amines) is 1. The Kier molecular flexibility index (Phi) is 6.72. The second-order valence-corrected chi connectivity index (χ2v) is 9.03. The molecule has 2 aromatic heterocycles. The molecule has 0 radical (unpaired) electrons. The number of allylic oxidation sites excluding steroid dienone is 1. The third-order valence-corrected chi connectivity index (χ3v) is 6.96. The van der Waals surface area contributed by atoms with Crippen molar-refractivity contribution in [2.75, 3.05) is 18.8 Å². The van der Waals surface area contributed by atoms with E-state index in [1.165, 1.54) is 31.0 Å². The van der Waals surface area contributed by atoms with Crippen LogP contribution in [0.4, 0.5) is 0 Å². The van der Waals surface area contributed by atoms with Gasteiger partial charge in [0.05, 0.1) is 5.75 Å². The minimum Gasteiger partial charge on any atom is -0.356 e. The minimum atomic E-state index is -0.0259. The molecular weight excluding hydrogens is 398 g/mol. The maximum Gasteiger partial charge on any atom is 0.270 e. The molecule has 160 valence electrons.